The second-order valence-electron chi connectivity index (χ2n) is 3.13. The number of pyridine rings is 1. The molecule has 0 amide bonds. The molecule has 0 spiro atoms. The Labute approximate surface area is 80.2 Å². The molecule has 1 aromatic rings. The summed E-state index contributed by atoms with van der Waals surface area (Å²) in [5.41, 5.74) is 2.67. The Morgan fingerprint density at radius 3 is 2.54 bits per heavy atom. The van der Waals surface area contributed by atoms with E-state index < -0.39 is 0 Å². The summed E-state index contributed by atoms with van der Waals surface area (Å²) >= 11 is 0. The number of hydrogen-bond donors (Lipinski definition) is 0. The Kier molecular flexibility index (Phi) is 3.29. The van der Waals surface area contributed by atoms with Gasteiger partial charge in [-0.2, -0.15) is 4.57 Å². The molecule has 0 N–H and O–H groups in total. The van der Waals surface area contributed by atoms with Crippen molar-refractivity contribution >= 4 is 0 Å². The van der Waals surface area contributed by atoms with Gasteiger partial charge in [0.15, 0.2) is 5.69 Å². The smallest absolute Gasteiger partial charge is 0.367 e. The van der Waals surface area contributed by atoms with Gasteiger partial charge in [0.1, 0.15) is 7.05 Å². The van der Waals surface area contributed by atoms with Crippen LogP contribution in [0.3, 0.4) is 0 Å². The first kappa shape index (κ1) is 10.0. The molecule has 0 aromatic carbocycles. The van der Waals surface area contributed by atoms with E-state index in [0.717, 1.165) is 18.9 Å². The molecule has 2 nitrogen and oxygen atoms in total. The quantitative estimate of drug-likeness (QED) is 0.646. The van der Waals surface area contributed by atoms with Crippen LogP contribution in [0, 0.1) is 6.92 Å². The second kappa shape index (κ2) is 4.26. The summed E-state index contributed by atoms with van der Waals surface area (Å²) in [5, 5.41) is 0. The molecular weight excluding hydrogens is 162 g/mol. The van der Waals surface area contributed by atoms with Crippen LogP contribution in [0.4, 0.5) is 0 Å². The van der Waals surface area contributed by atoms with Crippen molar-refractivity contribution in [1.29, 1.82) is 0 Å². The maximum atomic E-state index is 5.48. The summed E-state index contributed by atoms with van der Waals surface area (Å²) in [4.78, 5) is 0. The molecule has 0 aliphatic rings. The summed E-state index contributed by atoms with van der Waals surface area (Å²) in [6, 6.07) is 4.18. The monoisotopic (exact) mass is 180 g/mol. The van der Waals surface area contributed by atoms with Crippen molar-refractivity contribution in [2.24, 2.45) is 7.05 Å². The van der Waals surface area contributed by atoms with Crippen LogP contribution in [0.1, 0.15) is 25.1 Å². The molecule has 0 aliphatic carbocycles. The molecule has 1 heterocycles. The van der Waals surface area contributed by atoms with Gasteiger partial charge in [0.25, 0.3) is 0 Å². The number of rotatable bonds is 3. The van der Waals surface area contributed by atoms with E-state index in [1.165, 1.54) is 11.3 Å². The van der Waals surface area contributed by atoms with E-state index in [2.05, 4.69) is 24.5 Å². The highest BCUT2D eigenvalue weighted by molar-refractivity contribution is 5.18. The number of hydrogen-bond acceptors (Lipinski definition) is 1. The van der Waals surface area contributed by atoms with Crippen molar-refractivity contribution in [3.8, 4) is 5.88 Å². The lowest BCUT2D eigenvalue weighted by Crippen LogP contribution is -2.35. The van der Waals surface area contributed by atoms with Crippen molar-refractivity contribution in [3.63, 3.8) is 0 Å². The maximum Gasteiger partial charge on any atom is 0.367 e. The average Bonchev–Trinajstić information content (AvgIpc) is 2.14. The van der Waals surface area contributed by atoms with Crippen LogP contribution in [0.5, 0.6) is 5.88 Å². The lowest BCUT2D eigenvalue weighted by Gasteiger charge is -2.05. The fourth-order valence-electron chi connectivity index (χ4n) is 1.45. The van der Waals surface area contributed by atoms with Crippen LogP contribution < -0.4 is 9.30 Å². The van der Waals surface area contributed by atoms with Crippen molar-refractivity contribution in [2.75, 3.05) is 6.61 Å². The summed E-state index contributed by atoms with van der Waals surface area (Å²) in [5.74, 6) is 0.942. The van der Waals surface area contributed by atoms with Gasteiger partial charge in [-0.15, -0.1) is 0 Å². The molecule has 0 saturated heterocycles. The molecule has 0 atom stereocenters. The highest BCUT2D eigenvalue weighted by Crippen LogP contribution is 2.10. The summed E-state index contributed by atoms with van der Waals surface area (Å²) in [6.45, 7) is 7.02. The highest BCUT2D eigenvalue weighted by Gasteiger charge is 2.12. The van der Waals surface area contributed by atoms with Gasteiger partial charge in [0.05, 0.1) is 12.7 Å². The van der Waals surface area contributed by atoms with Gasteiger partial charge in [-0.3, -0.25) is 0 Å². The van der Waals surface area contributed by atoms with Crippen LogP contribution in [0.15, 0.2) is 12.1 Å². The van der Waals surface area contributed by atoms with Gasteiger partial charge in [-0.05, 0) is 19.4 Å². The van der Waals surface area contributed by atoms with Crippen molar-refractivity contribution < 1.29 is 9.30 Å². The molecule has 72 valence electrons. The minimum Gasteiger partial charge on any atom is -0.445 e. The Morgan fingerprint density at radius 1 is 1.31 bits per heavy atom. The van der Waals surface area contributed by atoms with E-state index in [4.69, 9.17) is 4.74 Å². The topological polar surface area (TPSA) is 13.1 Å². The molecule has 1 aromatic heterocycles. The number of nitrogens with zero attached hydrogens (tertiary/aromatic N) is 1. The molecule has 0 radical (unpaired) electrons. The molecule has 1 rings (SSSR count). The Hall–Kier alpha value is -1.05. The average molecular weight is 180 g/mol. The summed E-state index contributed by atoms with van der Waals surface area (Å²) < 4.78 is 7.58. The molecule has 0 saturated carbocycles. The van der Waals surface area contributed by atoms with Gasteiger partial charge in [-0.25, -0.2) is 0 Å². The minimum absolute atomic E-state index is 0.721. The predicted octanol–water partition coefficient (Wildman–Crippen LogP) is 1.78. The Morgan fingerprint density at radius 2 is 2.00 bits per heavy atom. The zero-order valence-electron chi connectivity index (χ0n) is 8.92. The molecule has 2 heteroatoms. The summed E-state index contributed by atoms with van der Waals surface area (Å²) in [7, 11) is 2.04. The molecule has 13 heavy (non-hydrogen) atoms. The van der Waals surface area contributed by atoms with Gasteiger partial charge in [0.2, 0.25) is 0 Å². The molecule has 0 bridgehead atoms. The van der Waals surface area contributed by atoms with Crippen molar-refractivity contribution in [1.82, 2.24) is 0 Å². The van der Waals surface area contributed by atoms with E-state index in [1.807, 2.05) is 20.0 Å². The first-order chi connectivity index (χ1) is 6.20. The van der Waals surface area contributed by atoms with E-state index in [-0.39, 0.29) is 0 Å². The maximum absolute atomic E-state index is 5.48. The van der Waals surface area contributed by atoms with Crippen LogP contribution in [0.25, 0.3) is 0 Å². The van der Waals surface area contributed by atoms with Crippen LogP contribution in [-0.4, -0.2) is 6.61 Å². The SMILES string of the molecule is CCOc1ccc(CC)c(C)[n+]1C. The largest absolute Gasteiger partial charge is 0.445 e. The highest BCUT2D eigenvalue weighted by atomic mass is 16.5. The van der Waals surface area contributed by atoms with Gasteiger partial charge in [-0.1, -0.05) is 6.92 Å². The lowest BCUT2D eigenvalue weighted by atomic mass is 10.1. The predicted molar refractivity (Wildman–Crippen MR) is 52.9 cm³/mol. The normalized spacial score (nSPS) is 10.2. The minimum atomic E-state index is 0.721. The van der Waals surface area contributed by atoms with Gasteiger partial charge < -0.3 is 4.74 Å². The third-order valence-corrected chi connectivity index (χ3v) is 2.40. The Balaban J connectivity index is 3.07. The van der Waals surface area contributed by atoms with E-state index >= 15 is 0 Å². The summed E-state index contributed by atoms with van der Waals surface area (Å²) in [6.07, 6.45) is 1.08. The number of aryl methyl sites for hydroxylation is 1. The molecule has 0 aliphatic heterocycles. The first-order valence-corrected chi connectivity index (χ1v) is 4.82. The van der Waals surface area contributed by atoms with Crippen LogP contribution in [-0.2, 0) is 13.5 Å². The fourth-order valence-corrected chi connectivity index (χ4v) is 1.45. The molecule has 0 unspecified atom stereocenters. The zero-order chi connectivity index (χ0) is 9.84. The first-order valence-electron chi connectivity index (χ1n) is 4.82. The van der Waals surface area contributed by atoms with Gasteiger partial charge >= 0.3 is 5.88 Å². The lowest BCUT2D eigenvalue weighted by molar-refractivity contribution is -0.683. The van der Waals surface area contributed by atoms with Crippen molar-refractivity contribution in [3.05, 3.63) is 23.4 Å². The van der Waals surface area contributed by atoms with Crippen molar-refractivity contribution in [2.45, 2.75) is 27.2 Å². The third-order valence-electron chi connectivity index (χ3n) is 2.40. The molecule has 0 fully saturated rings. The van der Waals surface area contributed by atoms with E-state index in [1.54, 1.807) is 0 Å². The van der Waals surface area contributed by atoms with Crippen LogP contribution in [0.2, 0.25) is 0 Å². The van der Waals surface area contributed by atoms with Gasteiger partial charge in [0, 0.05) is 12.5 Å². The molecular formula is C11H18NO+. The second-order valence-corrected chi connectivity index (χ2v) is 3.13. The standard InChI is InChI=1S/C11H18NO/c1-5-10-7-8-11(13-6-2)12(4)9(10)3/h7-8H,5-6H2,1-4H3/q+1. The number of ether oxygens (including phenoxy) is 1. The third kappa shape index (κ3) is 2.00. The fraction of sp³-hybridized carbons (Fsp3) is 0.545. The van der Waals surface area contributed by atoms with Crippen LogP contribution >= 0.6 is 0 Å². The van der Waals surface area contributed by atoms with E-state index in [9.17, 15) is 0 Å². The zero-order valence-corrected chi connectivity index (χ0v) is 8.92. The number of aromatic nitrogens is 1. The Bertz CT molecular complexity index is 294. The van der Waals surface area contributed by atoms with E-state index in [0.29, 0.717) is 0 Å².